The average Bonchev–Trinajstić information content (AvgIpc) is 1.79. The molecule has 53 valence electrons. The van der Waals surface area contributed by atoms with Gasteiger partial charge in [-0.3, -0.25) is 0 Å². The Bertz CT molecular complexity index is 63.0. The molecule has 1 aliphatic carbocycles. The van der Waals surface area contributed by atoms with E-state index >= 15 is 0 Å². The van der Waals surface area contributed by atoms with Crippen molar-refractivity contribution in [3.8, 4) is 0 Å². The van der Waals surface area contributed by atoms with Crippen molar-refractivity contribution in [2.24, 2.45) is 0 Å². The summed E-state index contributed by atoms with van der Waals surface area (Å²) in [5.74, 6) is 0. The average molecular weight is 146 g/mol. The fourth-order valence-electron chi connectivity index (χ4n) is 1.26. The molecule has 0 aromatic rings. The van der Waals surface area contributed by atoms with E-state index < -0.39 is 0 Å². The van der Waals surface area contributed by atoms with E-state index in [2.05, 4.69) is 6.42 Å². The first-order valence-electron chi connectivity index (χ1n) is 3.85. The molecule has 9 heavy (non-hydrogen) atoms. The van der Waals surface area contributed by atoms with Crippen molar-refractivity contribution >= 4 is 11.6 Å². The van der Waals surface area contributed by atoms with Gasteiger partial charge in [-0.2, -0.15) is 0 Å². The molecule has 0 aromatic carbocycles. The lowest BCUT2D eigenvalue weighted by atomic mass is 10.0. The molecule has 1 aliphatic rings. The highest BCUT2D eigenvalue weighted by atomic mass is 35.5. The van der Waals surface area contributed by atoms with Crippen molar-refractivity contribution in [2.75, 3.05) is 0 Å². The first-order valence-corrected chi connectivity index (χ1v) is 4.29. The Hall–Kier alpha value is 0.290. The molecule has 0 aromatic heterocycles. The maximum atomic E-state index is 5.98. The standard InChI is InChI=1S/C8H14Cl/c9-8-6-4-2-1-3-5-7-8/h1,8H,2-7H2. The third-order valence-corrected chi connectivity index (χ3v) is 2.29. The van der Waals surface area contributed by atoms with E-state index in [0.717, 1.165) is 0 Å². The second kappa shape index (κ2) is 4.16. The lowest BCUT2D eigenvalue weighted by Gasteiger charge is -2.11. The van der Waals surface area contributed by atoms with Crippen LogP contribution in [0.2, 0.25) is 0 Å². The van der Waals surface area contributed by atoms with Gasteiger partial charge in [-0.1, -0.05) is 25.7 Å². The summed E-state index contributed by atoms with van der Waals surface area (Å²) in [4.78, 5) is 0. The van der Waals surface area contributed by atoms with Crippen molar-refractivity contribution in [2.45, 2.75) is 43.9 Å². The lowest BCUT2D eigenvalue weighted by molar-refractivity contribution is 0.571. The predicted octanol–water partition coefficient (Wildman–Crippen LogP) is 3.15. The van der Waals surface area contributed by atoms with Gasteiger partial charge in [-0.15, -0.1) is 11.6 Å². The van der Waals surface area contributed by atoms with Gasteiger partial charge < -0.3 is 0 Å². The molecular formula is C8H14Cl. The van der Waals surface area contributed by atoms with Crippen LogP contribution in [0.1, 0.15) is 38.5 Å². The Kier molecular flexibility index (Phi) is 3.42. The summed E-state index contributed by atoms with van der Waals surface area (Å²) in [6.45, 7) is 0. The monoisotopic (exact) mass is 145 g/mol. The van der Waals surface area contributed by atoms with Gasteiger partial charge in [-0.05, 0) is 19.3 Å². The molecule has 1 rings (SSSR count). The van der Waals surface area contributed by atoms with Gasteiger partial charge in [0.2, 0.25) is 0 Å². The highest BCUT2D eigenvalue weighted by molar-refractivity contribution is 6.20. The predicted molar refractivity (Wildman–Crippen MR) is 41.6 cm³/mol. The van der Waals surface area contributed by atoms with Gasteiger partial charge in [0.15, 0.2) is 0 Å². The van der Waals surface area contributed by atoms with Crippen LogP contribution in [-0.2, 0) is 0 Å². The molecule has 0 aliphatic heterocycles. The SMILES string of the molecule is ClC1CCC[CH]CCC1. The molecule has 0 N–H and O–H groups in total. The molecule has 0 saturated heterocycles. The molecule has 0 bridgehead atoms. The van der Waals surface area contributed by atoms with Gasteiger partial charge in [-0.25, -0.2) is 0 Å². The fourth-order valence-corrected chi connectivity index (χ4v) is 1.56. The van der Waals surface area contributed by atoms with Crippen molar-refractivity contribution in [3.63, 3.8) is 0 Å². The molecular weight excluding hydrogens is 132 g/mol. The second-order valence-electron chi connectivity index (χ2n) is 2.75. The van der Waals surface area contributed by atoms with Crippen molar-refractivity contribution < 1.29 is 0 Å². The zero-order chi connectivity index (χ0) is 6.53. The maximum absolute atomic E-state index is 5.98. The molecule has 0 heterocycles. The molecule has 0 unspecified atom stereocenters. The molecule has 1 saturated carbocycles. The lowest BCUT2D eigenvalue weighted by Crippen LogP contribution is -2.01. The number of alkyl halides is 1. The van der Waals surface area contributed by atoms with Crippen LogP contribution in [0.15, 0.2) is 0 Å². The Balaban J connectivity index is 2.12. The van der Waals surface area contributed by atoms with Crippen molar-refractivity contribution in [1.82, 2.24) is 0 Å². The summed E-state index contributed by atoms with van der Waals surface area (Å²) < 4.78 is 0. The summed E-state index contributed by atoms with van der Waals surface area (Å²) in [6, 6.07) is 0. The van der Waals surface area contributed by atoms with E-state index in [4.69, 9.17) is 11.6 Å². The van der Waals surface area contributed by atoms with Crippen LogP contribution in [0.5, 0.6) is 0 Å². The number of rotatable bonds is 0. The van der Waals surface area contributed by atoms with E-state index in [1.165, 1.54) is 38.5 Å². The van der Waals surface area contributed by atoms with Gasteiger partial charge in [0.05, 0.1) is 0 Å². The molecule has 1 fully saturated rings. The third-order valence-electron chi connectivity index (χ3n) is 1.85. The second-order valence-corrected chi connectivity index (χ2v) is 3.36. The number of hydrogen-bond acceptors (Lipinski definition) is 0. The molecule has 1 heteroatoms. The van der Waals surface area contributed by atoms with Crippen LogP contribution >= 0.6 is 11.6 Å². The van der Waals surface area contributed by atoms with Gasteiger partial charge >= 0.3 is 0 Å². The smallest absolute Gasteiger partial charge is 0.0336 e. The van der Waals surface area contributed by atoms with Crippen LogP contribution in [-0.4, -0.2) is 5.38 Å². The van der Waals surface area contributed by atoms with Gasteiger partial charge in [0.25, 0.3) is 0 Å². The third kappa shape index (κ3) is 3.10. The van der Waals surface area contributed by atoms with Crippen molar-refractivity contribution in [1.29, 1.82) is 0 Å². The summed E-state index contributed by atoms with van der Waals surface area (Å²) in [6.07, 6.45) is 9.99. The topological polar surface area (TPSA) is 0 Å². The first-order chi connectivity index (χ1) is 4.39. The number of hydrogen-bond donors (Lipinski definition) is 0. The zero-order valence-electron chi connectivity index (χ0n) is 5.78. The largest absolute Gasteiger partial charge is 0.123 e. The Morgan fingerprint density at radius 1 is 1.11 bits per heavy atom. The Labute approximate surface area is 62.6 Å². The molecule has 0 amide bonds. The molecule has 0 nitrogen and oxygen atoms in total. The normalized spacial score (nSPS) is 25.0. The van der Waals surface area contributed by atoms with Crippen LogP contribution in [0.4, 0.5) is 0 Å². The van der Waals surface area contributed by atoms with Crippen molar-refractivity contribution in [3.05, 3.63) is 6.42 Å². The zero-order valence-corrected chi connectivity index (χ0v) is 6.53. The van der Waals surface area contributed by atoms with E-state index in [1.807, 2.05) is 0 Å². The minimum atomic E-state index is 0.471. The van der Waals surface area contributed by atoms with E-state index in [9.17, 15) is 0 Å². The highest BCUT2D eigenvalue weighted by Crippen LogP contribution is 2.19. The van der Waals surface area contributed by atoms with Crippen LogP contribution in [0.3, 0.4) is 0 Å². The molecule has 0 spiro atoms. The minimum absolute atomic E-state index is 0.471. The van der Waals surface area contributed by atoms with E-state index in [0.29, 0.717) is 5.38 Å². The summed E-state index contributed by atoms with van der Waals surface area (Å²) in [7, 11) is 0. The van der Waals surface area contributed by atoms with Crippen LogP contribution in [0, 0.1) is 6.42 Å². The first kappa shape index (κ1) is 7.40. The van der Waals surface area contributed by atoms with Crippen LogP contribution < -0.4 is 0 Å². The summed E-state index contributed by atoms with van der Waals surface area (Å²) in [5.41, 5.74) is 0. The summed E-state index contributed by atoms with van der Waals surface area (Å²) in [5, 5.41) is 0.471. The minimum Gasteiger partial charge on any atom is -0.123 e. The Morgan fingerprint density at radius 3 is 2.22 bits per heavy atom. The maximum Gasteiger partial charge on any atom is 0.0336 e. The van der Waals surface area contributed by atoms with E-state index in [1.54, 1.807) is 0 Å². The number of halogens is 1. The van der Waals surface area contributed by atoms with Gasteiger partial charge in [0.1, 0.15) is 0 Å². The molecule has 1 radical (unpaired) electrons. The van der Waals surface area contributed by atoms with Crippen LogP contribution in [0.25, 0.3) is 0 Å². The Morgan fingerprint density at radius 2 is 1.67 bits per heavy atom. The van der Waals surface area contributed by atoms with E-state index in [-0.39, 0.29) is 0 Å². The quantitative estimate of drug-likeness (QED) is 0.460. The summed E-state index contributed by atoms with van der Waals surface area (Å²) >= 11 is 5.98. The fraction of sp³-hybridized carbons (Fsp3) is 0.875. The highest BCUT2D eigenvalue weighted by Gasteiger charge is 2.06. The van der Waals surface area contributed by atoms with Gasteiger partial charge in [0, 0.05) is 5.38 Å². The molecule has 0 atom stereocenters.